The van der Waals surface area contributed by atoms with Crippen molar-refractivity contribution in [3.63, 3.8) is 0 Å². The maximum Gasteiger partial charge on any atom is 0.218 e. The van der Waals surface area contributed by atoms with Crippen molar-refractivity contribution in [2.24, 2.45) is 0 Å². The van der Waals surface area contributed by atoms with Gasteiger partial charge in [0.05, 0.1) is 17.0 Å². The van der Waals surface area contributed by atoms with Gasteiger partial charge < -0.3 is 4.74 Å². The summed E-state index contributed by atoms with van der Waals surface area (Å²) in [6.07, 6.45) is 0. The van der Waals surface area contributed by atoms with E-state index in [4.69, 9.17) is 27.9 Å². The third-order valence-corrected chi connectivity index (χ3v) is 5.79. The molecule has 110 valence electrons. The zero-order chi connectivity index (χ0) is 15.5. The number of hydrogen-bond donors (Lipinski definition) is 0. The Morgan fingerprint density at radius 1 is 0.952 bits per heavy atom. The minimum absolute atomic E-state index is 0.0248. The van der Waals surface area contributed by atoms with E-state index < -0.39 is 14.2 Å². The Labute approximate surface area is 133 Å². The second-order valence-electron chi connectivity index (χ2n) is 4.13. The third kappa shape index (κ3) is 3.40. The summed E-state index contributed by atoms with van der Waals surface area (Å²) in [4.78, 5) is 0.0988. The van der Waals surface area contributed by atoms with Crippen molar-refractivity contribution in [2.75, 3.05) is 7.11 Å². The molecule has 3 nitrogen and oxygen atoms in total. The third-order valence-electron chi connectivity index (χ3n) is 2.81. The average molecular weight is 343 g/mol. The Morgan fingerprint density at radius 2 is 1.52 bits per heavy atom. The van der Waals surface area contributed by atoms with Gasteiger partial charge in [-0.25, -0.2) is 8.42 Å². The molecule has 0 saturated carbocycles. The lowest BCUT2D eigenvalue weighted by molar-refractivity contribution is 0.415. The molecule has 0 aliphatic heterocycles. The summed E-state index contributed by atoms with van der Waals surface area (Å²) in [6, 6.07) is 14.5. The Bertz CT molecular complexity index is 751. The fourth-order valence-corrected chi connectivity index (χ4v) is 3.56. The molecule has 0 amide bonds. The molecule has 0 unspecified atom stereocenters. The molecule has 0 N–H and O–H groups in total. The Balaban J connectivity index is 2.46. The van der Waals surface area contributed by atoms with E-state index in [0.29, 0.717) is 11.3 Å². The average Bonchev–Trinajstić information content (AvgIpc) is 2.54. The number of benzene rings is 2. The molecule has 0 aliphatic carbocycles. The normalized spacial score (nSPS) is 12.7. The van der Waals surface area contributed by atoms with Crippen LogP contribution in [0.5, 0.6) is 5.75 Å². The Hall–Kier alpha value is -1.49. The smallest absolute Gasteiger partial charge is 0.218 e. The molecule has 2 aromatic rings. The SMILES string of the molecule is COc1ccc(/C(Cl)=C(/Cl)S(=O)(=O)c2ccccc2)cc1. The molecule has 0 atom stereocenters. The first kappa shape index (κ1) is 15.9. The van der Waals surface area contributed by atoms with Crippen molar-refractivity contribution in [1.82, 2.24) is 0 Å². The first-order valence-corrected chi connectivity index (χ1v) is 8.20. The molecule has 0 spiro atoms. The molecular weight excluding hydrogens is 331 g/mol. The second kappa shape index (κ2) is 6.52. The zero-order valence-electron chi connectivity index (χ0n) is 11.1. The van der Waals surface area contributed by atoms with Crippen molar-refractivity contribution in [2.45, 2.75) is 4.90 Å². The number of sulfone groups is 1. The van der Waals surface area contributed by atoms with Crippen LogP contribution in [0, 0.1) is 0 Å². The maximum absolute atomic E-state index is 12.4. The van der Waals surface area contributed by atoms with Crippen LogP contribution in [0.25, 0.3) is 5.03 Å². The molecular formula is C15H12Cl2O3S. The monoisotopic (exact) mass is 342 g/mol. The molecule has 0 fully saturated rings. The van der Waals surface area contributed by atoms with E-state index in [1.165, 1.54) is 12.1 Å². The van der Waals surface area contributed by atoms with Crippen LogP contribution in [-0.2, 0) is 9.84 Å². The van der Waals surface area contributed by atoms with E-state index >= 15 is 0 Å². The summed E-state index contributed by atoms with van der Waals surface area (Å²) in [6.45, 7) is 0. The number of hydrogen-bond acceptors (Lipinski definition) is 3. The van der Waals surface area contributed by atoms with E-state index in [1.54, 1.807) is 49.6 Å². The van der Waals surface area contributed by atoms with Gasteiger partial charge in [0.25, 0.3) is 0 Å². The van der Waals surface area contributed by atoms with E-state index in [-0.39, 0.29) is 9.93 Å². The van der Waals surface area contributed by atoms with Gasteiger partial charge in [-0.2, -0.15) is 0 Å². The van der Waals surface area contributed by atoms with Crippen LogP contribution in [-0.4, -0.2) is 15.5 Å². The first-order chi connectivity index (χ1) is 9.96. The van der Waals surface area contributed by atoms with Gasteiger partial charge in [0.2, 0.25) is 9.84 Å². The van der Waals surface area contributed by atoms with Gasteiger partial charge in [0.1, 0.15) is 5.75 Å². The molecule has 0 aromatic heterocycles. The molecule has 2 rings (SSSR count). The standard InChI is InChI=1S/C15H12Cl2O3S/c1-20-12-9-7-11(8-10-12)14(16)15(17)21(18,19)13-5-3-2-4-6-13/h2-10H,1H3/b15-14+. The number of rotatable bonds is 4. The Morgan fingerprint density at radius 3 is 2.05 bits per heavy atom. The molecule has 0 radical (unpaired) electrons. The van der Waals surface area contributed by atoms with Crippen molar-refractivity contribution >= 4 is 38.1 Å². The summed E-state index contributed by atoms with van der Waals surface area (Å²) < 4.78 is 29.4. The predicted molar refractivity (Wildman–Crippen MR) is 85.2 cm³/mol. The lowest BCUT2D eigenvalue weighted by atomic mass is 10.2. The predicted octanol–water partition coefficient (Wildman–Crippen LogP) is 4.27. The largest absolute Gasteiger partial charge is 0.497 e. The van der Waals surface area contributed by atoms with E-state index in [0.717, 1.165) is 0 Å². The topological polar surface area (TPSA) is 43.4 Å². The Kier molecular flexibility index (Phi) is 4.93. The van der Waals surface area contributed by atoms with E-state index in [2.05, 4.69) is 0 Å². The number of methoxy groups -OCH3 is 1. The molecule has 0 aliphatic rings. The zero-order valence-corrected chi connectivity index (χ0v) is 13.4. The van der Waals surface area contributed by atoms with Crippen LogP contribution in [0.15, 0.2) is 63.9 Å². The molecule has 0 saturated heterocycles. The minimum atomic E-state index is -3.82. The highest BCUT2D eigenvalue weighted by Gasteiger charge is 2.22. The molecule has 0 bridgehead atoms. The second-order valence-corrected chi connectivity index (χ2v) is 7.00. The highest BCUT2D eigenvalue weighted by atomic mass is 35.5. The molecule has 21 heavy (non-hydrogen) atoms. The van der Waals surface area contributed by atoms with E-state index in [9.17, 15) is 8.42 Å². The van der Waals surface area contributed by atoms with Crippen LogP contribution in [0.3, 0.4) is 0 Å². The lowest BCUT2D eigenvalue weighted by Crippen LogP contribution is -2.01. The van der Waals surface area contributed by atoms with Crippen LogP contribution >= 0.6 is 23.2 Å². The number of halogens is 2. The summed E-state index contributed by atoms with van der Waals surface area (Å²) in [5.74, 6) is 0.644. The van der Waals surface area contributed by atoms with Gasteiger partial charge in [0, 0.05) is 0 Å². The fraction of sp³-hybridized carbons (Fsp3) is 0.0667. The van der Waals surface area contributed by atoms with Crippen molar-refractivity contribution in [1.29, 1.82) is 0 Å². The molecule has 0 heterocycles. The summed E-state index contributed by atoms with van der Waals surface area (Å²) >= 11 is 12.1. The minimum Gasteiger partial charge on any atom is -0.497 e. The van der Waals surface area contributed by atoms with Crippen LogP contribution in [0.4, 0.5) is 0 Å². The van der Waals surface area contributed by atoms with Crippen molar-refractivity contribution in [3.05, 3.63) is 64.5 Å². The summed E-state index contributed by atoms with van der Waals surface area (Å²) in [7, 11) is -2.28. The van der Waals surface area contributed by atoms with Crippen molar-refractivity contribution in [3.8, 4) is 5.75 Å². The molecule has 6 heteroatoms. The highest BCUT2D eigenvalue weighted by molar-refractivity contribution is 7.97. The van der Waals surface area contributed by atoms with Gasteiger partial charge in [-0.15, -0.1) is 0 Å². The van der Waals surface area contributed by atoms with Gasteiger partial charge in [-0.05, 0) is 42.0 Å². The quantitative estimate of drug-likeness (QED) is 0.833. The lowest BCUT2D eigenvalue weighted by Gasteiger charge is -2.07. The number of ether oxygens (including phenoxy) is 1. The fourth-order valence-electron chi connectivity index (χ4n) is 1.67. The maximum atomic E-state index is 12.4. The van der Waals surface area contributed by atoms with Gasteiger partial charge in [-0.1, -0.05) is 41.4 Å². The van der Waals surface area contributed by atoms with Gasteiger partial charge >= 0.3 is 0 Å². The summed E-state index contributed by atoms with van der Waals surface area (Å²) in [5, 5.41) is -0.0248. The van der Waals surface area contributed by atoms with Crippen LogP contribution in [0.1, 0.15) is 5.56 Å². The van der Waals surface area contributed by atoms with Crippen LogP contribution < -0.4 is 4.74 Å². The van der Waals surface area contributed by atoms with Gasteiger partial charge in [0.15, 0.2) is 4.36 Å². The molecule has 2 aromatic carbocycles. The van der Waals surface area contributed by atoms with Gasteiger partial charge in [-0.3, -0.25) is 0 Å². The van der Waals surface area contributed by atoms with E-state index in [1.807, 2.05) is 0 Å². The highest BCUT2D eigenvalue weighted by Crippen LogP contribution is 2.33. The first-order valence-electron chi connectivity index (χ1n) is 5.96. The summed E-state index contributed by atoms with van der Waals surface area (Å²) in [5.41, 5.74) is 0.502. The van der Waals surface area contributed by atoms with Crippen LogP contribution in [0.2, 0.25) is 0 Å². The van der Waals surface area contributed by atoms with Crippen molar-refractivity contribution < 1.29 is 13.2 Å².